The molecule has 0 aliphatic rings. The summed E-state index contributed by atoms with van der Waals surface area (Å²) >= 11 is 4.02. The highest BCUT2D eigenvalue weighted by atomic mass is 32.1. The van der Waals surface area contributed by atoms with Crippen LogP contribution < -0.4 is 0 Å². The predicted octanol–water partition coefficient (Wildman–Crippen LogP) is 1.38. The lowest BCUT2D eigenvalue weighted by molar-refractivity contribution is 0.0176. The maximum atomic E-state index is 5.25. The molecule has 0 unspecified atom stereocenters. The Hall–Kier alpha value is 0.230. The molecule has 0 atom stereocenters. The molecule has 0 N–H and O–H groups in total. The normalized spacial score (nSPS) is 10.6. The molecule has 13 heavy (non-hydrogen) atoms. The van der Waals surface area contributed by atoms with E-state index in [0.717, 1.165) is 18.8 Å². The standard InChI is InChI=1S/C9H20O3S/c1-2-3-10-4-5-11-6-7-12-8-9-13/h13H,2-9H2,1H3. The lowest BCUT2D eigenvalue weighted by atomic mass is 10.5. The molecule has 0 bridgehead atoms. The maximum absolute atomic E-state index is 5.25. The fourth-order valence-corrected chi connectivity index (χ4v) is 0.880. The van der Waals surface area contributed by atoms with E-state index in [1.807, 2.05) is 0 Å². The Morgan fingerprint density at radius 2 is 1.23 bits per heavy atom. The van der Waals surface area contributed by atoms with Gasteiger partial charge in [0.1, 0.15) is 0 Å². The molecule has 0 rings (SSSR count). The SMILES string of the molecule is CCCOCCOCCOCCS. The summed E-state index contributed by atoms with van der Waals surface area (Å²) in [6.07, 6.45) is 1.06. The quantitative estimate of drug-likeness (QED) is 0.434. The van der Waals surface area contributed by atoms with Gasteiger partial charge < -0.3 is 14.2 Å². The van der Waals surface area contributed by atoms with E-state index >= 15 is 0 Å². The van der Waals surface area contributed by atoms with Crippen molar-refractivity contribution in [3.63, 3.8) is 0 Å². The fraction of sp³-hybridized carbons (Fsp3) is 1.00. The van der Waals surface area contributed by atoms with Gasteiger partial charge in [0.05, 0.1) is 33.0 Å². The molecule has 0 spiro atoms. The van der Waals surface area contributed by atoms with Gasteiger partial charge in [-0.1, -0.05) is 6.92 Å². The molecule has 0 aliphatic carbocycles. The van der Waals surface area contributed by atoms with Crippen LogP contribution in [0, 0.1) is 0 Å². The third-order valence-electron chi connectivity index (χ3n) is 1.33. The van der Waals surface area contributed by atoms with Crippen molar-refractivity contribution >= 4 is 12.6 Å². The second-order valence-electron chi connectivity index (χ2n) is 2.56. The zero-order valence-electron chi connectivity index (χ0n) is 8.33. The number of rotatable bonds is 10. The highest BCUT2D eigenvalue weighted by molar-refractivity contribution is 7.80. The largest absolute Gasteiger partial charge is 0.379 e. The Morgan fingerprint density at radius 1 is 0.769 bits per heavy atom. The van der Waals surface area contributed by atoms with Crippen molar-refractivity contribution in [3.05, 3.63) is 0 Å². The minimum atomic E-state index is 0.642. The summed E-state index contributed by atoms with van der Waals surface area (Å²) in [5.74, 6) is 0.764. The summed E-state index contributed by atoms with van der Waals surface area (Å²) in [4.78, 5) is 0. The summed E-state index contributed by atoms with van der Waals surface area (Å²) in [6.45, 7) is 6.23. The molecule has 0 fully saturated rings. The first-order chi connectivity index (χ1) is 6.41. The smallest absolute Gasteiger partial charge is 0.0701 e. The van der Waals surface area contributed by atoms with E-state index in [4.69, 9.17) is 14.2 Å². The maximum Gasteiger partial charge on any atom is 0.0701 e. The first kappa shape index (κ1) is 13.2. The van der Waals surface area contributed by atoms with E-state index in [1.165, 1.54) is 0 Å². The monoisotopic (exact) mass is 208 g/mol. The van der Waals surface area contributed by atoms with Crippen molar-refractivity contribution in [2.45, 2.75) is 13.3 Å². The average molecular weight is 208 g/mol. The second-order valence-corrected chi connectivity index (χ2v) is 3.01. The third kappa shape index (κ3) is 12.2. The number of hydrogen-bond donors (Lipinski definition) is 1. The molecule has 0 aromatic rings. The summed E-state index contributed by atoms with van der Waals surface area (Å²) in [5.41, 5.74) is 0. The van der Waals surface area contributed by atoms with Crippen molar-refractivity contribution in [3.8, 4) is 0 Å². The zero-order chi connectivity index (χ0) is 9.78. The van der Waals surface area contributed by atoms with Crippen LogP contribution in [0.25, 0.3) is 0 Å². The first-order valence-electron chi connectivity index (χ1n) is 4.76. The Kier molecular flexibility index (Phi) is 12.4. The van der Waals surface area contributed by atoms with Crippen molar-refractivity contribution in [1.29, 1.82) is 0 Å². The summed E-state index contributed by atoms with van der Waals surface area (Å²) in [5, 5.41) is 0. The van der Waals surface area contributed by atoms with Crippen LogP contribution in [0.3, 0.4) is 0 Å². The highest BCUT2D eigenvalue weighted by Gasteiger charge is 1.89. The number of ether oxygens (including phenoxy) is 3. The molecule has 0 radical (unpaired) electrons. The molecule has 0 saturated heterocycles. The van der Waals surface area contributed by atoms with Crippen LogP contribution in [0.15, 0.2) is 0 Å². The Labute approximate surface area is 86.2 Å². The lowest BCUT2D eigenvalue weighted by Gasteiger charge is -2.05. The van der Waals surface area contributed by atoms with E-state index in [9.17, 15) is 0 Å². The average Bonchev–Trinajstić information content (AvgIpc) is 2.16. The van der Waals surface area contributed by atoms with Gasteiger partial charge in [-0.15, -0.1) is 0 Å². The van der Waals surface area contributed by atoms with Crippen LogP contribution in [0.1, 0.15) is 13.3 Å². The van der Waals surface area contributed by atoms with Gasteiger partial charge in [0, 0.05) is 12.4 Å². The Balaban J connectivity index is 2.76. The van der Waals surface area contributed by atoms with Gasteiger partial charge in [-0.2, -0.15) is 12.6 Å². The first-order valence-corrected chi connectivity index (χ1v) is 5.39. The van der Waals surface area contributed by atoms with Crippen molar-refractivity contribution < 1.29 is 14.2 Å². The Bertz CT molecular complexity index is 80.9. The third-order valence-corrected chi connectivity index (χ3v) is 1.51. The van der Waals surface area contributed by atoms with E-state index in [2.05, 4.69) is 19.6 Å². The predicted molar refractivity (Wildman–Crippen MR) is 56.6 cm³/mol. The van der Waals surface area contributed by atoms with E-state index in [-0.39, 0.29) is 0 Å². The molecule has 4 heteroatoms. The van der Waals surface area contributed by atoms with Gasteiger partial charge in [-0.25, -0.2) is 0 Å². The van der Waals surface area contributed by atoms with Crippen LogP contribution in [0.4, 0.5) is 0 Å². The minimum Gasteiger partial charge on any atom is -0.379 e. The van der Waals surface area contributed by atoms with Crippen LogP contribution in [-0.4, -0.2) is 45.4 Å². The van der Waals surface area contributed by atoms with E-state index in [1.54, 1.807) is 0 Å². The zero-order valence-corrected chi connectivity index (χ0v) is 9.22. The molecule has 0 saturated carbocycles. The van der Waals surface area contributed by atoms with Crippen LogP contribution in [-0.2, 0) is 14.2 Å². The van der Waals surface area contributed by atoms with Gasteiger partial charge in [-0.3, -0.25) is 0 Å². The van der Waals surface area contributed by atoms with Crippen LogP contribution in [0.2, 0.25) is 0 Å². The van der Waals surface area contributed by atoms with Crippen LogP contribution >= 0.6 is 12.6 Å². The van der Waals surface area contributed by atoms with Gasteiger partial charge in [0.25, 0.3) is 0 Å². The molecule has 0 aromatic carbocycles. The van der Waals surface area contributed by atoms with Crippen molar-refractivity contribution in [2.24, 2.45) is 0 Å². The number of hydrogen-bond acceptors (Lipinski definition) is 4. The second kappa shape index (κ2) is 12.2. The van der Waals surface area contributed by atoms with Crippen LogP contribution in [0.5, 0.6) is 0 Å². The van der Waals surface area contributed by atoms with E-state index < -0.39 is 0 Å². The summed E-state index contributed by atoms with van der Waals surface area (Å²) in [7, 11) is 0. The minimum absolute atomic E-state index is 0.642. The van der Waals surface area contributed by atoms with Crippen molar-refractivity contribution in [2.75, 3.05) is 45.4 Å². The van der Waals surface area contributed by atoms with Gasteiger partial charge >= 0.3 is 0 Å². The molecular formula is C9H20O3S. The van der Waals surface area contributed by atoms with Gasteiger partial charge in [-0.05, 0) is 6.42 Å². The lowest BCUT2D eigenvalue weighted by Crippen LogP contribution is -2.10. The topological polar surface area (TPSA) is 27.7 Å². The fourth-order valence-electron chi connectivity index (χ4n) is 0.751. The molecule has 80 valence electrons. The molecule has 0 aliphatic heterocycles. The van der Waals surface area contributed by atoms with E-state index in [0.29, 0.717) is 33.0 Å². The van der Waals surface area contributed by atoms with Gasteiger partial charge in [0.2, 0.25) is 0 Å². The summed E-state index contributed by atoms with van der Waals surface area (Å²) < 4.78 is 15.7. The van der Waals surface area contributed by atoms with Crippen molar-refractivity contribution in [1.82, 2.24) is 0 Å². The van der Waals surface area contributed by atoms with Gasteiger partial charge in [0.15, 0.2) is 0 Å². The highest BCUT2D eigenvalue weighted by Crippen LogP contribution is 1.83. The number of thiol groups is 1. The molecule has 0 heterocycles. The molecule has 0 aromatic heterocycles. The molecule has 3 nitrogen and oxygen atoms in total. The Morgan fingerprint density at radius 3 is 1.69 bits per heavy atom. The molecular weight excluding hydrogens is 188 g/mol. The summed E-state index contributed by atoms with van der Waals surface area (Å²) in [6, 6.07) is 0. The molecule has 0 amide bonds.